The van der Waals surface area contributed by atoms with Crippen LogP contribution in [0.5, 0.6) is 0 Å². The molecular formula is C14H26O3. The Kier molecular flexibility index (Phi) is 11.0. The first kappa shape index (κ1) is 16.1. The van der Waals surface area contributed by atoms with Crippen molar-refractivity contribution < 1.29 is 14.3 Å². The maximum atomic E-state index is 11.3. The lowest BCUT2D eigenvalue weighted by molar-refractivity contribution is -0.149. The number of esters is 1. The second-order valence-electron chi connectivity index (χ2n) is 4.43. The van der Waals surface area contributed by atoms with Crippen LogP contribution in [0.15, 0.2) is 0 Å². The molecule has 0 saturated heterocycles. The fourth-order valence-electron chi connectivity index (χ4n) is 1.75. The fourth-order valence-corrected chi connectivity index (χ4v) is 1.75. The van der Waals surface area contributed by atoms with Crippen molar-refractivity contribution in [3.63, 3.8) is 0 Å². The van der Waals surface area contributed by atoms with Crippen molar-refractivity contribution in [2.24, 2.45) is 0 Å². The zero-order valence-corrected chi connectivity index (χ0v) is 11.2. The van der Waals surface area contributed by atoms with Crippen LogP contribution in [0.3, 0.4) is 0 Å². The SMILES string of the molecule is CCCC(=O)OC(CC)CCCCCCC=O. The Morgan fingerprint density at radius 1 is 1.18 bits per heavy atom. The zero-order chi connectivity index (χ0) is 12.9. The molecule has 0 saturated carbocycles. The smallest absolute Gasteiger partial charge is 0.306 e. The largest absolute Gasteiger partial charge is 0.462 e. The van der Waals surface area contributed by atoms with Gasteiger partial charge in [-0.3, -0.25) is 4.79 Å². The van der Waals surface area contributed by atoms with Crippen LogP contribution in [0, 0.1) is 0 Å². The van der Waals surface area contributed by atoms with Gasteiger partial charge in [-0.15, -0.1) is 0 Å². The number of hydrogen-bond acceptors (Lipinski definition) is 3. The molecule has 0 heterocycles. The van der Waals surface area contributed by atoms with Crippen molar-refractivity contribution in [3.8, 4) is 0 Å². The Bertz CT molecular complexity index is 202. The number of aldehydes is 1. The van der Waals surface area contributed by atoms with Gasteiger partial charge >= 0.3 is 5.97 Å². The minimum Gasteiger partial charge on any atom is -0.462 e. The van der Waals surface area contributed by atoms with Gasteiger partial charge in [0.15, 0.2) is 0 Å². The van der Waals surface area contributed by atoms with Gasteiger partial charge in [0.1, 0.15) is 12.4 Å². The van der Waals surface area contributed by atoms with Gasteiger partial charge in [0.25, 0.3) is 0 Å². The molecular weight excluding hydrogens is 216 g/mol. The maximum absolute atomic E-state index is 11.3. The summed E-state index contributed by atoms with van der Waals surface area (Å²) in [4.78, 5) is 21.4. The van der Waals surface area contributed by atoms with Crippen molar-refractivity contribution >= 4 is 12.3 Å². The van der Waals surface area contributed by atoms with E-state index in [1.54, 1.807) is 0 Å². The van der Waals surface area contributed by atoms with E-state index in [9.17, 15) is 9.59 Å². The molecule has 0 N–H and O–H groups in total. The number of carbonyl (C=O) groups is 2. The van der Waals surface area contributed by atoms with Gasteiger partial charge in [0, 0.05) is 12.8 Å². The molecule has 1 atom stereocenters. The third-order valence-corrected chi connectivity index (χ3v) is 2.81. The molecule has 1 unspecified atom stereocenters. The van der Waals surface area contributed by atoms with E-state index in [1.807, 2.05) is 6.92 Å². The molecule has 0 aliphatic carbocycles. The van der Waals surface area contributed by atoms with Crippen LogP contribution in [0.4, 0.5) is 0 Å². The molecule has 0 fully saturated rings. The molecule has 0 radical (unpaired) electrons. The summed E-state index contributed by atoms with van der Waals surface area (Å²) in [6.07, 6.45) is 9.22. The minimum absolute atomic E-state index is 0.0692. The van der Waals surface area contributed by atoms with Crippen LogP contribution in [0.2, 0.25) is 0 Å². The highest BCUT2D eigenvalue weighted by Crippen LogP contribution is 2.12. The van der Waals surface area contributed by atoms with Crippen LogP contribution in [0.1, 0.15) is 71.6 Å². The molecule has 0 aliphatic heterocycles. The quantitative estimate of drug-likeness (QED) is 0.315. The van der Waals surface area contributed by atoms with Crippen LogP contribution < -0.4 is 0 Å². The Balaban J connectivity index is 3.53. The van der Waals surface area contributed by atoms with Gasteiger partial charge in [-0.2, -0.15) is 0 Å². The lowest BCUT2D eigenvalue weighted by atomic mass is 10.1. The van der Waals surface area contributed by atoms with E-state index in [4.69, 9.17) is 4.74 Å². The molecule has 0 aromatic carbocycles. The molecule has 0 rings (SSSR count). The average molecular weight is 242 g/mol. The second kappa shape index (κ2) is 11.6. The topological polar surface area (TPSA) is 43.4 Å². The number of ether oxygens (including phenoxy) is 1. The number of rotatable bonds is 11. The molecule has 100 valence electrons. The summed E-state index contributed by atoms with van der Waals surface area (Å²) >= 11 is 0. The van der Waals surface area contributed by atoms with Crippen LogP contribution in [-0.2, 0) is 14.3 Å². The van der Waals surface area contributed by atoms with Crippen molar-refractivity contribution in [1.82, 2.24) is 0 Å². The van der Waals surface area contributed by atoms with E-state index in [-0.39, 0.29) is 12.1 Å². The summed E-state index contributed by atoms with van der Waals surface area (Å²) < 4.78 is 5.37. The molecule has 3 heteroatoms. The summed E-state index contributed by atoms with van der Waals surface area (Å²) in [7, 11) is 0. The van der Waals surface area contributed by atoms with E-state index in [0.29, 0.717) is 12.8 Å². The highest BCUT2D eigenvalue weighted by molar-refractivity contribution is 5.69. The predicted molar refractivity (Wildman–Crippen MR) is 68.8 cm³/mol. The van der Waals surface area contributed by atoms with Gasteiger partial charge < -0.3 is 9.53 Å². The highest BCUT2D eigenvalue weighted by atomic mass is 16.5. The maximum Gasteiger partial charge on any atom is 0.306 e. The summed E-state index contributed by atoms with van der Waals surface area (Å²) in [6.45, 7) is 4.03. The monoisotopic (exact) mass is 242 g/mol. The van der Waals surface area contributed by atoms with Crippen molar-refractivity contribution in [3.05, 3.63) is 0 Å². The Labute approximate surface area is 105 Å². The van der Waals surface area contributed by atoms with Gasteiger partial charge in [0.2, 0.25) is 0 Å². The number of carbonyl (C=O) groups excluding carboxylic acids is 2. The minimum atomic E-state index is -0.0692. The van der Waals surface area contributed by atoms with E-state index in [0.717, 1.165) is 51.2 Å². The van der Waals surface area contributed by atoms with Crippen molar-refractivity contribution in [2.75, 3.05) is 0 Å². The lowest BCUT2D eigenvalue weighted by Crippen LogP contribution is -2.17. The first-order valence-electron chi connectivity index (χ1n) is 6.87. The molecule has 0 spiro atoms. The summed E-state index contributed by atoms with van der Waals surface area (Å²) in [5.41, 5.74) is 0. The lowest BCUT2D eigenvalue weighted by Gasteiger charge is -2.15. The van der Waals surface area contributed by atoms with Crippen LogP contribution in [-0.4, -0.2) is 18.4 Å². The average Bonchev–Trinajstić information content (AvgIpc) is 2.32. The number of hydrogen-bond donors (Lipinski definition) is 0. The van der Waals surface area contributed by atoms with E-state index >= 15 is 0 Å². The summed E-state index contributed by atoms with van der Waals surface area (Å²) in [5.74, 6) is -0.0692. The van der Waals surface area contributed by atoms with E-state index < -0.39 is 0 Å². The first-order chi connectivity index (χ1) is 8.24. The van der Waals surface area contributed by atoms with Crippen LogP contribution >= 0.6 is 0 Å². The van der Waals surface area contributed by atoms with Gasteiger partial charge in [-0.05, 0) is 32.1 Å². The predicted octanol–water partition coefficient (Wildman–Crippen LogP) is 3.65. The normalized spacial score (nSPS) is 12.1. The molecule has 0 amide bonds. The second-order valence-corrected chi connectivity index (χ2v) is 4.43. The molecule has 17 heavy (non-hydrogen) atoms. The Morgan fingerprint density at radius 2 is 1.88 bits per heavy atom. The van der Waals surface area contributed by atoms with Crippen LogP contribution in [0.25, 0.3) is 0 Å². The van der Waals surface area contributed by atoms with E-state index in [2.05, 4.69) is 6.92 Å². The van der Waals surface area contributed by atoms with Gasteiger partial charge in [0.05, 0.1) is 0 Å². The van der Waals surface area contributed by atoms with E-state index in [1.165, 1.54) is 0 Å². The van der Waals surface area contributed by atoms with Gasteiger partial charge in [-0.1, -0.05) is 26.7 Å². The molecule has 0 bridgehead atoms. The summed E-state index contributed by atoms with van der Waals surface area (Å²) in [5, 5.41) is 0. The highest BCUT2D eigenvalue weighted by Gasteiger charge is 2.11. The van der Waals surface area contributed by atoms with Gasteiger partial charge in [-0.25, -0.2) is 0 Å². The Morgan fingerprint density at radius 3 is 2.47 bits per heavy atom. The molecule has 0 aliphatic rings. The molecule has 0 aromatic heterocycles. The Hall–Kier alpha value is -0.860. The zero-order valence-electron chi connectivity index (χ0n) is 11.2. The van der Waals surface area contributed by atoms with Crippen molar-refractivity contribution in [2.45, 2.75) is 77.7 Å². The number of unbranched alkanes of at least 4 members (excludes halogenated alkanes) is 4. The first-order valence-corrected chi connectivity index (χ1v) is 6.87. The molecule has 3 nitrogen and oxygen atoms in total. The standard InChI is InChI=1S/C14H26O3/c1-3-10-14(16)17-13(4-2)11-8-6-5-7-9-12-15/h12-13H,3-11H2,1-2H3. The third-order valence-electron chi connectivity index (χ3n) is 2.81. The molecule has 0 aromatic rings. The summed E-state index contributed by atoms with van der Waals surface area (Å²) in [6, 6.07) is 0. The third kappa shape index (κ3) is 10.0. The van der Waals surface area contributed by atoms with Crippen molar-refractivity contribution in [1.29, 1.82) is 0 Å². The fraction of sp³-hybridized carbons (Fsp3) is 0.857.